The molecule has 4 unspecified atom stereocenters. The maximum Gasteiger partial charge on any atom is 0.280 e. The summed E-state index contributed by atoms with van der Waals surface area (Å²) in [6, 6.07) is 2.68. The van der Waals surface area contributed by atoms with Gasteiger partial charge in [0.2, 0.25) is 5.91 Å². The lowest BCUT2D eigenvalue weighted by atomic mass is 9.83. The molecule has 0 spiro atoms. The molecule has 190 valence electrons. The van der Waals surface area contributed by atoms with Crippen LogP contribution in [0.5, 0.6) is 0 Å². The number of ketones is 1. The summed E-state index contributed by atoms with van der Waals surface area (Å²) in [4.78, 5) is 50.9. The molecule has 2 saturated carbocycles. The topological polar surface area (TPSA) is 101 Å². The Bertz CT molecular complexity index is 1160. The Labute approximate surface area is 218 Å². The lowest BCUT2D eigenvalue weighted by molar-refractivity contribution is -0.139. The number of carbonyl (C=O) groups excluding carboxylic acids is 3. The number of nitrogens with zero attached hydrogens (tertiary/aromatic N) is 3. The number of likely N-dealkylation sites (tertiary alicyclic amines) is 1. The molecular weight excluding hydrogens is 500 g/mol. The molecule has 2 aliphatic carbocycles. The maximum absolute atomic E-state index is 13.8. The van der Waals surface area contributed by atoms with Crippen LogP contribution in [-0.4, -0.2) is 69.2 Å². The predicted octanol–water partition coefficient (Wildman–Crippen LogP) is 3.55. The third kappa shape index (κ3) is 4.57. The zero-order chi connectivity index (χ0) is 24.8. The van der Waals surface area contributed by atoms with Crippen molar-refractivity contribution in [2.75, 3.05) is 13.2 Å². The Balaban J connectivity index is 1.20. The van der Waals surface area contributed by atoms with Crippen molar-refractivity contribution in [1.82, 2.24) is 20.2 Å². The smallest absolute Gasteiger partial charge is 0.280 e. The van der Waals surface area contributed by atoms with Gasteiger partial charge in [-0.2, -0.15) is 0 Å². The molecular formula is C26H29ClN4O4S. The summed E-state index contributed by atoms with van der Waals surface area (Å²) in [6.07, 6.45) is 10.3. The normalized spacial score (nSPS) is 27.2. The molecule has 4 atom stereocenters. The minimum Gasteiger partial charge on any atom is -0.366 e. The average Bonchev–Trinajstić information content (AvgIpc) is 3.35. The maximum atomic E-state index is 13.8. The highest BCUT2D eigenvalue weighted by Gasteiger charge is 2.53. The first-order valence-electron chi connectivity index (χ1n) is 12.8. The van der Waals surface area contributed by atoms with Crippen LogP contribution >= 0.6 is 22.9 Å². The predicted molar refractivity (Wildman–Crippen MR) is 135 cm³/mol. The fourth-order valence-electron chi connectivity index (χ4n) is 5.74. The van der Waals surface area contributed by atoms with Gasteiger partial charge in [-0.25, -0.2) is 4.98 Å². The number of rotatable bonds is 6. The van der Waals surface area contributed by atoms with Crippen molar-refractivity contribution in [1.29, 1.82) is 0 Å². The summed E-state index contributed by atoms with van der Waals surface area (Å²) in [5.74, 6) is -0.147. The van der Waals surface area contributed by atoms with Crippen molar-refractivity contribution >= 4 is 40.5 Å². The van der Waals surface area contributed by atoms with E-state index in [4.69, 9.17) is 16.3 Å². The number of thiazole rings is 1. The minimum atomic E-state index is -0.722. The summed E-state index contributed by atoms with van der Waals surface area (Å²) in [5.41, 5.74) is 2.04. The van der Waals surface area contributed by atoms with E-state index in [2.05, 4.69) is 15.3 Å². The highest BCUT2D eigenvalue weighted by molar-refractivity contribution is 7.17. The summed E-state index contributed by atoms with van der Waals surface area (Å²) >= 11 is 7.72. The molecule has 2 saturated heterocycles. The standard InChI is InChI=1S/C26H29ClN4O4S/c27-17-12-31(22-19(32)13-35-23(17)22)26(34)21(15-4-2-1-3-5-15)30-24(33)25-29-11-20(36-25)16-8-9-18(28-10-16)14-6-7-14/h8-11,14-15,17,21-23H,1-7,12-13H2,(H,30,33). The third-order valence-corrected chi connectivity index (χ3v) is 9.28. The number of Topliss-reactive ketones (excluding diaryl/α,β-unsaturated/α-hetero) is 1. The Hall–Kier alpha value is -2.36. The molecule has 2 aliphatic heterocycles. The number of fused-ring (bicyclic) bond motifs is 1. The zero-order valence-electron chi connectivity index (χ0n) is 19.9. The number of alkyl halides is 1. The van der Waals surface area contributed by atoms with Gasteiger partial charge in [0.05, 0.1) is 10.3 Å². The van der Waals surface area contributed by atoms with E-state index < -0.39 is 23.6 Å². The second-order valence-corrected chi connectivity index (χ2v) is 11.9. The van der Waals surface area contributed by atoms with Crippen LogP contribution in [-0.2, 0) is 14.3 Å². The first-order valence-corrected chi connectivity index (χ1v) is 14.1. The van der Waals surface area contributed by atoms with Crippen molar-refractivity contribution in [2.45, 2.75) is 74.4 Å². The molecule has 0 aromatic carbocycles. The Morgan fingerprint density at radius 3 is 2.64 bits per heavy atom. The number of hydrogen-bond donors (Lipinski definition) is 1. The van der Waals surface area contributed by atoms with Gasteiger partial charge in [-0.3, -0.25) is 19.4 Å². The summed E-state index contributed by atoms with van der Waals surface area (Å²) in [5, 5.41) is 2.86. The van der Waals surface area contributed by atoms with Crippen LogP contribution in [0.4, 0.5) is 0 Å². The Morgan fingerprint density at radius 1 is 1.11 bits per heavy atom. The first kappa shape index (κ1) is 24.0. The van der Waals surface area contributed by atoms with Crippen LogP contribution in [0, 0.1) is 5.92 Å². The molecule has 4 heterocycles. The lowest BCUT2D eigenvalue weighted by Gasteiger charge is -2.34. The molecule has 1 N–H and O–H groups in total. The first-order chi connectivity index (χ1) is 17.5. The van der Waals surface area contributed by atoms with Gasteiger partial charge in [0.1, 0.15) is 24.8 Å². The molecule has 4 fully saturated rings. The van der Waals surface area contributed by atoms with Crippen LogP contribution in [0.15, 0.2) is 24.5 Å². The second-order valence-electron chi connectivity index (χ2n) is 10.3. The highest BCUT2D eigenvalue weighted by Crippen LogP contribution is 2.39. The van der Waals surface area contributed by atoms with E-state index in [-0.39, 0.29) is 36.7 Å². The number of carbonyl (C=O) groups is 3. The molecule has 36 heavy (non-hydrogen) atoms. The molecule has 4 aliphatic rings. The summed E-state index contributed by atoms with van der Waals surface area (Å²) in [7, 11) is 0. The van der Waals surface area contributed by atoms with Crippen molar-refractivity contribution in [3.8, 4) is 10.4 Å². The largest absolute Gasteiger partial charge is 0.366 e. The number of nitrogens with one attached hydrogen (secondary N) is 1. The quantitative estimate of drug-likeness (QED) is 0.575. The van der Waals surface area contributed by atoms with E-state index in [0.717, 1.165) is 48.2 Å². The average molecular weight is 529 g/mol. The number of halogens is 1. The zero-order valence-corrected chi connectivity index (χ0v) is 21.5. The van der Waals surface area contributed by atoms with Crippen molar-refractivity contribution in [3.05, 3.63) is 35.2 Å². The third-order valence-electron chi connectivity index (χ3n) is 7.85. The molecule has 10 heteroatoms. The lowest BCUT2D eigenvalue weighted by Crippen LogP contribution is -2.55. The van der Waals surface area contributed by atoms with Gasteiger partial charge < -0.3 is 15.0 Å². The number of hydrogen-bond acceptors (Lipinski definition) is 7. The highest BCUT2D eigenvalue weighted by atomic mass is 35.5. The van der Waals surface area contributed by atoms with E-state index >= 15 is 0 Å². The van der Waals surface area contributed by atoms with E-state index in [1.807, 2.05) is 18.3 Å². The Kier molecular flexibility index (Phi) is 6.56. The van der Waals surface area contributed by atoms with Crippen LogP contribution in [0.2, 0.25) is 0 Å². The van der Waals surface area contributed by atoms with Crippen molar-refractivity contribution in [3.63, 3.8) is 0 Å². The van der Waals surface area contributed by atoms with Crippen LogP contribution in [0.1, 0.15) is 66.4 Å². The number of ether oxygens (including phenoxy) is 1. The number of amides is 2. The fraction of sp³-hybridized carbons (Fsp3) is 0.577. The molecule has 0 bridgehead atoms. The second kappa shape index (κ2) is 9.84. The summed E-state index contributed by atoms with van der Waals surface area (Å²) in [6.45, 7) is 0.215. The monoisotopic (exact) mass is 528 g/mol. The molecule has 2 aromatic rings. The van der Waals surface area contributed by atoms with Gasteiger partial charge in [-0.1, -0.05) is 25.3 Å². The number of pyridine rings is 1. The summed E-state index contributed by atoms with van der Waals surface area (Å²) < 4.78 is 5.55. The van der Waals surface area contributed by atoms with Gasteiger partial charge in [-0.15, -0.1) is 22.9 Å². The molecule has 2 amide bonds. The van der Waals surface area contributed by atoms with E-state index in [1.165, 1.54) is 29.1 Å². The van der Waals surface area contributed by atoms with E-state index in [0.29, 0.717) is 10.9 Å². The van der Waals surface area contributed by atoms with Crippen LogP contribution in [0.25, 0.3) is 10.4 Å². The van der Waals surface area contributed by atoms with E-state index in [1.54, 1.807) is 6.20 Å². The van der Waals surface area contributed by atoms with Gasteiger partial charge >= 0.3 is 0 Å². The SMILES string of the molecule is O=C(NC(C(=O)N1CC(Cl)C2OCC(=O)C21)C1CCCCC1)c1ncc(-c2ccc(C3CC3)nc2)s1. The van der Waals surface area contributed by atoms with Crippen LogP contribution < -0.4 is 5.32 Å². The van der Waals surface area contributed by atoms with Crippen LogP contribution in [0.3, 0.4) is 0 Å². The van der Waals surface area contributed by atoms with E-state index in [9.17, 15) is 14.4 Å². The van der Waals surface area contributed by atoms with Crippen molar-refractivity contribution < 1.29 is 19.1 Å². The number of aromatic nitrogens is 2. The fourth-order valence-corrected chi connectivity index (χ4v) is 6.91. The molecule has 8 nitrogen and oxygen atoms in total. The van der Waals surface area contributed by atoms with Gasteiger partial charge in [0.15, 0.2) is 10.8 Å². The molecule has 0 radical (unpaired) electrons. The Morgan fingerprint density at radius 2 is 1.92 bits per heavy atom. The molecule has 2 aromatic heterocycles. The van der Waals surface area contributed by atoms with Gasteiger partial charge in [0.25, 0.3) is 5.91 Å². The minimum absolute atomic E-state index is 0.0130. The van der Waals surface area contributed by atoms with Gasteiger partial charge in [0, 0.05) is 36.1 Å². The molecule has 6 rings (SSSR count). The van der Waals surface area contributed by atoms with Crippen molar-refractivity contribution in [2.24, 2.45) is 5.92 Å². The van der Waals surface area contributed by atoms with Gasteiger partial charge in [-0.05, 0) is 37.7 Å².